The minimum atomic E-state index is -0.989. The van der Waals surface area contributed by atoms with Gasteiger partial charge in [0.25, 0.3) is 11.8 Å². The van der Waals surface area contributed by atoms with Gasteiger partial charge in [-0.1, -0.05) is 11.3 Å². The highest BCUT2D eigenvalue weighted by atomic mass is 16.2. The fourth-order valence-corrected chi connectivity index (χ4v) is 4.78. The number of fused-ring (bicyclic) bond motifs is 1. The number of imide groups is 2. The average Bonchev–Trinajstić information content (AvgIpc) is 3.51. The predicted octanol–water partition coefficient (Wildman–Crippen LogP) is 0.0677. The van der Waals surface area contributed by atoms with E-state index < -0.39 is 29.7 Å². The molecule has 4 amide bonds. The van der Waals surface area contributed by atoms with E-state index in [-0.39, 0.29) is 24.0 Å². The molecule has 172 valence electrons. The molecule has 0 saturated carbocycles. The fraction of sp³-hybridized carbons (Fsp3) is 0.455. The van der Waals surface area contributed by atoms with Gasteiger partial charge in [-0.15, -0.1) is 5.10 Å². The Hall–Kier alpha value is -3.60. The third kappa shape index (κ3) is 3.88. The molecule has 2 fully saturated rings. The van der Waals surface area contributed by atoms with Crippen LogP contribution < -0.4 is 15.5 Å². The molecule has 1 aromatic carbocycles. The van der Waals surface area contributed by atoms with E-state index in [1.807, 2.05) is 22.8 Å². The van der Waals surface area contributed by atoms with E-state index in [2.05, 4.69) is 20.9 Å². The van der Waals surface area contributed by atoms with Crippen molar-refractivity contribution >= 4 is 29.3 Å². The van der Waals surface area contributed by atoms with Crippen molar-refractivity contribution in [1.29, 1.82) is 0 Å². The second-order valence-corrected chi connectivity index (χ2v) is 8.73. The largest absolute Gasteiger partial charge is 0.368 e. The summed E-state index contributed by atoms with van der Waals surface area (Å²) in [4.78, 5) is 52.9. The van der Waals surface area contributed by atoms with E-state index in [0.29, 0.717) is 18.3 Å². The molecule has 0 aliphatic carbocycles. The van der Waals surface area contributed by atoms with Crippen molar-refractivity contribution < 1.29 is 19.2 Å². The van der Waals surface area contributed by atoms with Crippen LogP contribution in [0.4, 0.5) is 5.69 Å². The number of carbonyl (C=O) groups excluding carboxylic acids is 4. The Bertz CT molecular complexity index is 1140. The number of hydrogen-bond donors (Lipinski definition) is 2. The number of amides is 4. The molecule has 2 saturated heterocycles. The summed E-state index contributed by atoms with van der Waals surface area (Å²) in [5.41, 5.74) is 1.84. The monoisotopic (exact) mass is 451 g/mol. The van der Waals surface area contributed by atoms with Gasteiger partial charge in [0, 0.05) is 19.5 Å². The first-order valence-corrected chi connectivity index (χ1v) is 11.1. The minimum Gasteiger partial charge on any atom is -0.368 e. The molecule has 11 heteroatoms. The zero-order valence-corrected chi connectivity index (χ0v) is 18.3. The van der Waals surface area contributed by atoms with Crippen LogP contribution in [0.25, 0.3) is 0 Å². The van der Waals surface area contributed by atoms with E-state index >= 15 is 0 Å². The van der Waals surface area contributed by atoms with Crippen molar-refractivity contribution in [1.82, 2.24) is 30.5 Å². The topological polar surface area (TPSA) is 130 Å². The Morgan fingerprint density at radius 1 is 1.15 bits per heavy atom. The highest BCUT2D eigenvalue weighted by Gasteiger charge is 2.45. The van der Waals surface area contributed by atoms with Gasteiger partial charge in [-0.05, 0) is 37.9 Å². The molecule has 33 heavy (non-hydrogen) atoms. The Balaban J connectivity index is 1.35. The minimum absolute atomic E-state index is 0.0859. The van der Waals surface area contributed by atoms with Crippen molar-refractivity contribution in [3.63, 3.8) is 0 Å². The zero-order valence-electron chi connectivity index (χ0n) is 18.3. The third-order valence-electron chi connectivity index (χ3n) is 6.41. The number of aromatic nitrogens is 3. The maximum absolute atomic E-state index is 13.3. The van der Waals surface area contributed by atoms with Gasteiger partial charge in [0.1, 0.15) is 11.7 Å². The lowest BCUT2D eigenvalue weighted by atomic mass is 10.0. The molecule has 3 aliphatic rings. The summed E-state index contributed by atoms with van der Waals surface area (Å²) in [5, 5.41) is 14.1. The van der Waals surface area contributed by atoms with Crippen molar-refractivity contribution in [3.05, 3.63) is 41.2 Å². The van der Waals surface area contributed by atoms with Gasteiger partial charge in [-0.3, -0.25) is 34.1 Å². The zero-order chi connectivity index (χ0) is 23.1. The van der Waals surface area contributed by atoms with Gasteiger partial charge in [-0.2, -0.15) is 0 Å². The molecule has 2 atom stereocenters. The smallest absolute Gasteiger partial charge is 0.264 e. The first kappa shape index (κ1) is 21.3. The van der Waals surface area contributed by atoms with Crippen LogP contribution in [-0.4, -0.2) is 69.2 Å². The van der Waals surface area contributed by atoms with Crippen molar-refractivity contribution in [2.24, 2.45) is 0 Å². The fourth-order valence-electron chi connectivity index (χ4n) is 4.78. The SMILES string of the molecule is CN(Cc1cn(CC2CCCN2)nn1)c1cccc2c1C(=O)N(C1CCC(=O)NC1=O)C2=O. The van der Waals surface area contributed by atoms with Gasteiger partial charge in [0.15, 0.2) is 0 Å². The second kappa shape index (κ2) is 8.39. The summed E-state index contributed by atoms with van der Waals surface area (Å²) >= 11 is 0. The average molecular weight is 451 g/mol. The maximum atomic E-state index is 13.3. The van der Waals surface area contributed by atoms with Gasteiger partial charge in [0.05, 0.1) is 36.1 Å². The molecule has 0 radical (unpaired) electrons. The first-order valence-electron chi connectivity index (χ1n) is 11.1. The van der Waals surface area contributed by atoms with Gasteiger partial charge < -0.3 is 10.2 Å². The molecule has 11 nitrogen and oxygen atoms in total. The number of nitrogens with one attached hydrogen (secondary N) is 2. The number of anilines is 1. The molecule has 3 aliphatic heterocycles. The van der Waals surface area contributed by atoms with Gasteiger partial charge >= 0.3 is 0 Å². The molecular weight excluding hydrogens is 426 g/mol. The lowest BCUT2D eigenvalue weighted by Gasteiger charge is -2.28. The van der Waals surface area contributed by atoms with Crippen LogP contribution >= 0.6 is 0 Å². The molecular formula is C22H25N7O4. The standard InChI is InChI=1S/C22H25N7O4/c1-27(10-14-12-28(26-25-14)11-13-4-3-9-23-13)16-6-2-5-15-19(16)22(33)29(21(15)32)17-7-8-18(30)24-20(17)31/h2,5-6,12-13,17,23H,3-4,7-11H2,1H3,(H,24,30,31). The summed E-state index contributed by atoms with van der Waals surface area (Å²) in [6.45, 7) is 2.18. The van der Waals surface area contributed by atoms with Crippen LogP contribution in [0.15, 0.2) is 24.4 Å². The summed E-state index contributed by atoms with van der Waals surface area (Å²) < 4.78 is 1.82. The molecule has 2 N–H and O–H groups in total. The first-order chi connectivity index (χ1) is 15.9. The molecule has 2 aromatic rings. The highest BCUT2D eigenvalue weighted by Crippen LogP contribution is 2.34. The number of benzene rings is 1. The summed E-state index contributed by atoms with van der Waals surface area (Å²) in [5.74, 6) is -2.06. The van der Waals surface area contributed by atoms with Crippen LogP contribution in [0.5, 0.6) is 0 Å². The summed E-state index contributed by atoms with van der Waals surface area (Å²) in [7, 11) is 1.82. The van der Waals surface area contributed by atoms with Crippen molar-refractivity contribution in [2.45, 2.75) is 50.9 Å². The number of piperidine rings is 1. The van der Waals surface area contributed by atoms with Crippen LogP contribution in [0.2, 0.25) is 0 Å². The summed E-state index contributed by atoms with van der Waals surface area (Å²) in [6.07, 6.45) is 4.38. The number of carbonyl (C=O) groups is 4. The van der Waals surface area contributed by atoms with Gasteiger partial charge in [-0.25, -0.2) is 0 Å². The number of nitrogens with zero attached hydrogens (tertiary/aromatic N) is 5. The molecule has 4 heterocycles. The normalized spacial score (nSPS) is 22.6. The third-order valence-corrected chi connectivity index (χ3v) is 6.41. The van der Waals surface area contributed by atoms with E-state index in [1.54, 1.807) is 18.2 Å². The Kier molecular flexibility index (Phi) is 5.41. The molecule has 0 bridgehead atoms. The van der Waals surface area contributed by atoms with Crippen molar-refractivity contribution in [3.8, 4) is 0 Å². The maximum Gasteiger partial charge on any atom is 0.264 e. The van der Waals surface area contributed by atoms with Crippen LogP contribution in [0, 0.1) is 0 Å². The van der Waals surface area contributed by atoms with E-state index in [1.165, 1.54) is 0 Å². The lowest BCUT2D eigenvalue weighted by Crippen LogP contribution is -2.54. The second-order valence-electron chi connectivity index (χ2n) is 8.73. The lowest BCUT2D eigenvalue weighted by molar-refractivity contribution is -0.136. The van der Waals surface area contributed by atoms with Crippen LogP contribution in [0.3, 0.4) is 0 Å². The van der Waals surface area contributed by atoms with Crippen LogP contribution in [0.1, 0.15) is 52.1 Å². The Labute approximate surface area is 190 Å². The quantitative estimate of drug-likeness (QED) is 0.590. The van der Waals surface area contributed by atoms with E-state index in [0.717, 1.165) is 36.5 Å². The van der Waals surface area contributed by atoms with Crippen molar-refractivity contribution in [2.75, 3.05) is 18.5 Å². The molecule has 1 aromatic heterocycles. The number of rotatable bonds is 6. The molecule has 2 unspecified atom stereocenters. The van der Waals surface area contributed by atoms with Crippen LogP contribution in [-0.2, 0) is 22.7 Å². The predicted molar refractivity (Wildman–Crippen MR) is 116 cm³/mol. The van der Waals surface area contributed by atoms with E-state index in [9.17, 15) is 19.2 Å². The van der Waals surface area contributed by atoms with Gasteiger partial charge in [0.2, 0.25) is 11.8 Å². The molecule has 0 spiro atoms. The molecule has 5 rings (SSSR count). The Morgan fingerprint density at radius 2 is 2.00 bits per heavy atom. The number of hydrogen-bond acceptors (Lipinski definition) is 8. The Morgan fingerprint density at radius 3 is 2.76 bits per heavy atom. The summed E-state index contributed by atoms with van der Waals surface area (Å²) in [6, 6.07) is 4.48. The van der Waals surface area contributed by atoms with E-state index in [4.69, 9.17) is 0 Å². The highest BCUT2D eigenvalue weighted by molar-refractivity contribution is 6.25.